The molecule has 0 radical (unpaired) electrons. The Morgan fingerprint density at radius 2 is 1.51 bits per heavy atom. The maximum Gasteiger partial charge on any atom is 0.252 e. The van der Waals surface area contributed by atoms with Crippen molar-refractivity contribution in [3.63, 3.8) is 0 Å². The lowest BCUT2D eigenvalue weighted by molar-refractivity contribution is 0.100. The number of methoxy groups -OCH3 is 4. The quantitative estimate of drug-likeness (QED) is 0.328. The second-order valence-corrected chi connectivity index (χ2v) is 8.02. The van der Waals surface area contributed by atoms with Gasteiger partial charge in [0.15, 0.2) is 0 Å². The SMILES string of the molecule is COc1cc(Cn2cc(CN(c3cc(OC)cc(OC)c3)c3ncccc3C(N)=O)nn2)cc(OC)c1. The Balaban J connectivity index is 1.70. The lowest BCUT2D eigenvalue weighted by Gasteiger charge is -2.25. The number of amides is 1. The monoisotopic (exact) mass is 504 g/mol. The molecule has 11 heteroatoms. The number of rotatable bonds is 11. The predicted molar refractivity (Wildman–Crippen MR) is 137 cm³/mol. The molecule has 1 amide bonds. The highest BCUT2D eigenvalue weighted by atomic mass is 16.5. The van der Waals surface area contributed by atoms with Crippen LogP contribution in [0.3, 0.4) is 0 Å². The maximum atomic E-state index is 12.2. The van der Waals surface area contributed by atoms with E-state index < -0.39 is 5.91 Å². The van der Waals surface area contributed by atoms with Crippen LogP contribution in [-0.4, -0.2) is 54.3 Å². The van der Waals surface area contributed by atoms with Crippen molar-refractivity contribution < 1.29 is 23.7 Å². The van der Waals surface area contributed by atoms with Crippen LogP contribution < -0.4 is 29.6 Å². The molecule has 0 bridgehead atoms. The topological polar surface area (TPSA) is 127 Å². The van der Waals surface area contributed by atoms with E-state index in [-0.39, 0.29) is 12.1 Å². The molecule has 0 unspecified atom stereocenters. The van der Waals surface area contributed by atoms with Gasteiger partial charge in [-0.1, -0.05) is 5.21 Å². The second-order valence-electron chi connectivity index (χ2n) is 8.02. The van der Waals surface area contributed by atoms with Crippen LogP contribution in [-0.2, 0) is 13.1 Å². The molecule has 2 aromatic carbocycles. The molecule has 2 N–H and O–H groups in total. The van der Waals surface area contributed by atoms with Crippen LogP contribution in [0.1, 0.15) is 21.6 Å². The molecule has 0 fully saturated rings. The van der Waals surface area contributed by atoms with E-state index in [1.807, 2.05) is 35.4 Å². The standard InChI is InChI=1S/C26H28N6O5/c1-34-20-8-17(9-21(12-20)35-2)14-31-15-18(29-30-31)16-32(26-24(25(27)33)6-5-7-28-26)19-10-22(36-3)13-23(11-19)37-4/h5-13,15H,14,16H2,1-4H3,(H2,27,33). The van der Waals surface area contributed by atoms with Gasteiger partial charge < -0.3 is 29.6 Å². The molecule has 0 aliphatic carbocycles. The van der Waals surface area contributed by atoms with Gasteiger partial charge >= 0.3 is 0 Å². The van der Waals surface area contributed by atoms with E-state index in [4.69, 9.17) is 24.7 Å². The van der Waals surface area contributed by atoms with Crippen molar-refractivity contribution in [2.75, 3.05) is 33.3 Å². The molecule has 0 aliphatic heterocycles. The molecule has 2 aromatic heterocycles. The summed E-state index contributed by atoms with van der Waals surface area (Å²) in [6.45, 7) is 0.693. The van der Waals surface area contributed by atoms with E-state index in [0.29, 0.717) is 46.7 Å². The fourth-order valence-corrected chi connectivity index (χ4v) is 3.84. The molecule has 2 heterocycles. The van der Waals surface area contributed by atoms with E-state index in [1.165, 1.54) is 0 Å². The summed E-state index contributed by atoms with van der Waals surface area (Å²) in [4.78, 5) is 18.5. The van der Waals surface area contributed by atoms with Gasteiger partial charge in [-0.15, -0.1) is 5.10 Å². The molecular formula is C26H28N6O5. The Hall–Kier alpha value is -4.80. The van der Waals surface area contributed by atoms with Crippen molar-refractivity contribution in [2.45, 2.75) is 13.1 Å². The summed E-state index contributed by atoms with van der Waals surface area (Å²) >= 11 is 0. The number of primary amides is 1. The zero-order valence-corrected chi connectivity index (χ0v) is 21.0. The number of hydrogen-bond acceptors (Lipinski definition) is 9. The van der Waals surface area contributed by atoms with Crippen LogP contribution in [0.4, 0.5) is 11.5 Å². The number of anilines is 2. The van der Waals surface area contributed by atoms with Crippen molar-refractivity contribution in [1.82, 2.24) is 20.0 Å². The summed E-state index contributed by atoms with van der Waals surface area (Å²) in [6, 6.07) is 14.3. The van der Waals surface area contributed by atoms with E-state index in [1.54, 1.807) is 63.6 Å². The first kappa shape index (κ1) is 25.3. The van der Waals surface area contributed by atoms with Crippen molar-refractivity contribution in [3.05, 3.63) is 77.7 Å². The summed E-state index contributed by atoms with van der Waals surface area (Å²) in [5, 5.41) is 8.64. The largest absolute Gasteiger partial charge is 0.497 e. The summed E-state index contributed by atoms with van der Waals surface area (Å²) in [7, 11) is 6.34. The van der Waals surface area contributed by atoms with Crippen LogP contribution in [0.5, 0.6) is 23.0 Å². The summed E-state index contributed by atoms with van der Waals surface area (Å²) in [5.41, 5.74) is 8.17. The number of carbonyl (C=O) groups is 1. The van der Waals surface area contributed by atoms with Crippen molar-refractivity contribution in [3.8, 4) is 23.0 Å². The molecule has 0 aliphatic rings. The minimum atomic E-state index is -0.599. The number of carbonyl (C=O) groups excluding carboxylic acids is 1. The molecule has 11 nitrogen and oxygen atoms in total. The van der Waals surface area contributed by atoms with Crippen LogP contribution in [0, 0.1) is 0 Å². The van der Waals surface area contributed by atoms with E-state index in [9.17, 15) is 4.79 Å². The molecule has 0 spiro atoms. The van der Waals surface area contributed by atoms with E-state index >= 15 is 0 Å². The van der Waals surface area contributed by atoms with Crippen molar-refractivity contribution >= 4 is 17.4 Å². The van der Waals surface area contributed by atoms with Crippen molar-refractivity contribution in [2.24, 2.45) is 5.73 Å². The van der Waals surface area contributed by atoms with Gasteiger partial charge in [0.25, 0.3) is 5.91 Å². The van der Waals surface area contributed by atoms with Gasteiger partial charge in [-0.3, -0.25) is 4.79 Å². The highest BCUT2D eigenvalue weighted by Crippen LogP contribution is 2.34. The van der Waals surface area contributed by atoms with Gasteiger partial charge in [-0.25, -0.2) is 9.67 Å². The fourth-order valence-electron chi connectivity index (χ4n) is 3.84. The number of benzene rings is 2. The Morgan fingerprint density at radius 3 is 2.08 bits per heavy atom. The number of nitrogens with two attached hydrogens (primary N) is 1. The van der Waals surface area contributed by atoms with Crippen LogP contribution in [0.15, 0.2) is 60.9 Å². The highest BCUT2D eigenvalue weighted by Gasteiger charge is 2.21. The Kier molecular flexibility index (Phi) is 7.72. The smallest absolute Gasteiger partial charge is 0.252 e. The summed E-state index contributed by atoms with van der Waals surface area (Å²) in [6.07, 6.45) is 3.42. The summed E-state index contributed by atoms with van der Waals surface area (Å²) in [5.74, 6) is 2.29. The number of ether oxygens (including phenoxy) is 4. The maximum absolute atomic E-state index is 12.2. The normalized spacial score (nSPS) is 10.6. The fraction of sp³-hybridized carbons (Fsp3) is 0.231. The Bertz CT molecular complexity index is 1350. The van der Waals surface area contributed by atoms with E-state index in [0.717, 1.165) is 5.56 Å². The number of aromatic nitrogens is 4. The van der Waals surface area contributed by atoms with Crippen LogP contribution in [0.25, 0.3) is 0 Å². The molecule has 0 atom stereocenters. The lowest BCUT2D eigenvalue weighted by Crippen LogP contribution is -2.23. The summed E-state index contributed by atoms with van der Waals surface area (Å²) < 4.78 is 23.3. The predicted octanol–water partition coefficient (Wildman–Crippen LogP) is 3.19. The molecule has 4 rings (SSSR count). The van der Waals surface area contributed by atoms with Gasteiger partial charge in [0.05, 0.1) is 59.0 Å². The molecule has 0 saturated carbocycles. The highest BCUT2D eigenvalue weighted by molar-refractivity contribution is 5.98. The van der Waals surface area contributed by atoms with Gasteiger partial charge in [-0.2, -0.15) is 0 Å². The first-order valence-corrected chi connectivity index (χ1v) is 11.3. The Labute approximate surface area is 214 Å². The molecular weight excluding hydrogens is 476 g/mol. The third-order valence-electron chi connectivity index (χ3n) is 5.62. The first-order valence-electron chi connectivity index (χ1n) is 11.3. The van der Waals surface area contributed by atoms with Gasteiger partial charge in [-0.05, 0) is 29.8 Å². The third kappa shape index (κ3) is 5.89. The minimum absolute atomic E-state index is 0.245. The molecule has 192 valence electrons. The van der Waals surface area contributed by atoms with Gasteiger partial charge in [0, 0.05) is 30.5 Å². The van der Waals surface area contributed by atoms with Gasteiger partial charge in [0.1, 0.15) is 34.5 Å². The zero-order valence-electron chi connectivity index (χ0n) is 21.0. The average molecular weight is 505 g/mol. The molecule has 0 saturated heterocycles. The number of pyridine rings is 1. The zero-order chi connectivity index (χ0) is 26.4. The van der Waals surface area contributed by atoms with Gasteiger partial charge in [0.2, 0.25) is 0 Å². The first-order chi connectivity index (χ1) is 17.9. The van der Waals surface area contributed by atoms with Crippen LogP contribution in [0.2, 0.25) is 0 Å². The lowest BCUT2D eigenvalue weighted by atomic mass is 10.2. The van der Waals surface area contributed by atoms with E-state index in [2.05, 4.69) is 15.3 Å². The number of nitrogens with zero attached hydrogens (tertiary/aromatic N) is 5. The third-order valence-corrected chi connectivity index (χ3v) is 5.62. The minimum Gasteiger partial charge on any atom is -0.497 e. The average Bonchev–Trinajstić information content (AvgIpc) is 3.37. The van der Waals surface area contributed by atoms with Crippen LogP contribution >= 0.6 is 0 Å². The molecule has 37 heavy (non-hydrogen) atoms. The molecule has 4 aromatic rings. The van der Waals surface area contributed by atoms with Crippen molar-refractivity contribution in [1.29, 1.82) is 0 Å². The second kappa shape index (κ2) is 11.3. The Morgan fingerprint density at radius 1 is 0.919 bits per heavy atom. The number of hydrogen-bond donors (Lipinski definition) is 1.